The van der Waals surface area contributed by atoms with E-state index in [-0.39, 0.29) is 5.91 Å². The molecule has 1 saturated heterocycles. The van der Waals surface area contributed by atoms with Crippen molar-refractivity contribution in [1.82, 2.24) is 19.5 Å². The topological polar surface area (TPSA) is 63.0 Å². The van der Waals surface area contributed by atoms with Gasteiger partial charge in [-0.2, -0.15) is 0 Å². The second-order valence-electron chi connectivity index (χ2n) is 6.37. The molecule has 7 heteroatoms. The van der Waals surface area contributed by atoms with Gasteiger partial charge in [-0.05, 0) is 37.3 Å². The number of fused-ring (bicyclic) bond motifs is 1. The van der Waals surface area contributed by atoms with Gasteiger partial charge in [-0.25, -0.2) is 0 Å². The van der Waals surface area contributed by atoms with Crippen LogP contribution in [0.1, 0.15) is 16.1 Å². The van der Waals surface area contributed by atoms with Crippen molar-refractivity contribution in [2.24, 2.45) is 0 Å². The first-order valence-electron chi connectivity index (χ1n) is 8.66. The molecule has 1 aliphatic heterocycles. The number of rotatable bonds is 3. The number of pyridine rings is 1. The quantitative estimate of drug-likeness (QED) is 0.722. The van der Waals surface area contributed by atoms with Crippen LogP contribution in [0.25, 0.3) is 5.65 Å². The molecule has 0 bridgehead atoms. The summed E-state index contributed by atoms with van der Waals surface area (Å²) in [6.45, 7) is 4.80. The van der Waals surface area contributed by atoms with Crippen LogP contribution in [0.3, 0.4) is 0 Å². The van der Waals surface area contributed by atoms with Crippen molar-refractivity contribution in [3.8, 4) is 5.75 Å². The summed E-state index contributed by atoms with van der Waals surface area (Å²) in [4.78, 5) is 16.8. The monoisotopic (exact) mass is 351 g/mol. The highest BCUT2D eigenvalue weighted by Crippen LogP contribution is 2.19. The van der Waals surface area contributed by atoms with Crippen molar-refractivity contribution in [2.45, 2.75) is 6.92 Å². The van der Waals surface area contributed by atoms with Gasteiger partial charge in [0.1, 0.15) is 5.75 Å². The lowest BCUT2D eigenvalue weighted by Crippen LogP contribution is -2.49. The van der Waals surface area contributed by atoms with Gasteiger partial charge in [0.15, 0.2) is 5.65 Å². The van der Waals surface area contributed by atoms with Crippen LogP contribution < -0.4 is 9.64 Å². The molecule has 3 aromatic rings. The van der Waals surface area contributed by atoms with E-state index in [2.05, 4.69) is 19.5 Å². The van der Waals surface area contributed by atoms with Crippen molar-refractivity contribution in [1.29, 1.82) is 0 Å². The molecule has 1 fully saturated rings. The van der Waals surface area contributed by atoms with Crippen molar-refractivity contribution < 1.29 is 9.53 Å². The Morgan fingerprint density at radius 3 is 2.58 bits per heavy atom. The van der Waals surface area contributed by atoms with Crippen molar-refractivity contribution in [3.05, 3.63) is 53.7 Å². The molecule has 7 nitrogen and oxygen atoms in total. The second-order valence-corrected chi connectivity index (χ2v) is 6.37. The first-order chi connectivity index (χ1) is 12.7. The van der Waals surface area contributed by atoms with E-state index in [0.717, 1.165) is 30.4 Å². The van der Waals surface area contributed by atoms with Crippen LogP contribution in [-0.2, 0) is 0 Å². The lowest BCUT2D eigenvalue weighted by atomic mass is 10.1. The number of carbonyl (C=O) groups is 1. The van der Waals surface area contributed by atoms with Crippen molar-refractivity contribution in [2.75, 3.05) is 38.2 Å². The number of benzene rings is 1. The molecule has 0 spiro atoms. The fraction of sp³-hybridized carbons (Fsp3) is 0.316. The molecule has 26 heavy (non-hydrogen) atoms. The highest BCUT2D eigenvalue weighted by Gasteiger charge is 2.25. The minimum Gasteiger partial charge on any atom is -0.497 e. The van der Waals surface area contributed by atoms with Gasteiger partial charge in [0.05, 0.1) is 7.11 Å². The summed E-state index contributed by atoms with van der Waals surface area (Å²) in [5.74, 6) is 1.57. The molecule has 0 aliphatic carbocycles. The van der Waals surface area contributed by atoms with Gasteiger partial charge < -0.3 is 14.5 Å². The summed E-state index contributed by atoms with van der Waals surface area (Å²) >= 11 is 0. The van der Waals surface area contributed by atoms with Gasteiger partial charge in [0.2, 0.25) is 5.95 Å². The number of piperazine rings is 1. The molecular weight excluding hydrogens is 330 g/mol. The lowest BCUT2D eigenvalue weighted by Gasteiger charge is -2.34. The maximum Gasteiger partial charge on any atom is 0.254 e. The first-order valence-corrected chi connectivity index (χ1v) is 8.66. The molecule has 3 heterocycles. The number of ether oxygens (including phenoxy) is 1. The number of anilines is 1. The largest absolute Gasteiger partial charge is 0.497 e. The van der Waals surface area contributed by atoms with Crippen LogP contribution in [0, 0.1) is 6.92 Å². The zero-order valence-corrected chi connectivity index (χ0v) is 14.9. The van der Waals surface area contributed by atoms with Gasteiger partial charge in [-0.15, -0.1) is 10.2 Å². The predicted octanol–water partition coefficient (Wildman–Crippen LogP) is 2.01. The Balaban J connectivity index is 1.49. The average Bonchev–Trinajstić information content (AvgIpc) is 3.13. The van der Waals surface area contributed by atoms with Crippen LogP contribution in [0.2, 0.25) is 0 Å². The maximum absolute atomic E-state index is 12.7. The molecule has 0 unspecified atom stereocenters. The third-order valence-electron chi connectivity index (χ3n) is 4.77. The Hall–Kier alpha value is -3.09. The maximum atomic E-state index is 12.7. The van der Waals surface area contributed by atoms with E-state index in [0.29, 0.717) is 24.4 Å². The third-order valence-corrected chi connectivity index (χ3v) is 4.77. The van der Waals surface area contributed by atoms with Crippen LogP contribution in [0.5, 0.6) is 5.75 Å². The molecule has 0 N–H and O–H groups in total. The molecule has 0 radical (unpaired) electrons. The second kappa shape index (κ2) is 6.67. The van der Waals surface area contributed by atoms with E-state index in [1.165, 1.54) is 0 Å². The zero-order valence-electron chi connectivity index (χ0n) is 14.9. The number of nitrogens with zero attached hydrogens (tertiary/aromatic N) is 5. The molecule has 1 aromatic carbocycles. The Kier molecular flexibility index (Phi) is 4.20. The van der Waals surface area contributed by atoms with Crippen LogP contribution >= 0.6 is 0 Å². The average molecular weight is 351 g/mol. The fourth-order valence-electron chi connectivity index (χ4n) is 3.33. The van der Waals surface area contributed by atoms with E-state index in [4.69, 9.17) is 4.74 Å². The van der Waals surface area contributed by atoms with E-state index in [1.807, 2.05) is 48.2 Å². The highest BCUT2D eigenvalue weighted by atomic mass is 16.5. The summed E-state index contributed by atoms with van der Waals surface area (Å²) < 4.78 is 7.27. The van der Waals surface area contributed by atoms with Gasteiger partial charge in [-0.1, -0.05) is 12.1 Å². The molecule has 1 aliphatic rings. The predicted molar refractivity (Wildman–Crippen MR) is 98.8 cm³/mol. The minimum absolute atomic E-state index is 0.0332. The lowest BCUT2D eigenvalue weighted by molar-refractivity contribution is 0.0746. The highest BCUT2D eigenvalue weighted by molar-refractivity contribution is 5.94. The molecule has 0 saturated carbocycles. The van der Waals surface area contributed by atoms with Crippen molar-refractivity contribution in [3.63, 3.8) is 0 Å². The molecule has 1 amide bonds. The summed E-state index contributed by atoms with van der Waals surface area (Å²) in [5.41, 5.74) is 2.59. The zero-order chi connectivity index (χ0) is 18.1. The van der Waals surface area contributed by atoms with Crippen LogP contribution in [-0.4, -0.2) is 58.7 Å². The van der Waals surface area contributed by atoms with E-state index < -0.39 is 0 Å². The standard InChI is InChI=1S/C19H21N5O2/c1-14-5-3-8-17-20-21-19(24(14)17)23-11-9-22(10-12-23)18(25)15-6-4-7-16(13-15)26-2/h3-8,13H,9-12H2,1-2H3. The van der Waals surface area contributed by atoms with E-state index >= 15 is 0 Å². The van der Waals surface area contributed by atoms with Gasteiger partial charge >= 0.3 is 0 Å². The summed E-state index contributed by atoms with van der Waals surface area (Å²) in [5, 5.41) is 8.60. The van der Waals surface area contributed by atoms with Crippen LogP contribution in [0.4, 0.5) is 5.95 Å². The van der Waals surface area contributed by atoms with E-state index in [9.17, 15) is 4.79 Å². The van der Waals surface area contributed by atoms with Crippen LogP contribution in [0.15, 0.2) is 42.5 Å². The summed E-state index contributed by atoms with van der Waals surface area (Å²) in [7, 11) is 1.60. The van der Waals surface area contributed by atoms with E-state index in [1.54, 1.807) is 13.2 Å². The number of carbonyl (C=O) groups excluding carboxylic acids is 1. The molecule has 4 rings (SSSR count). The normalized spacial score (nSPS) is 14.7. The molecular formula is C19H21N5O2. The molecule has 0 atom stereocenters. The number of hydrogen-bond donors (Lipinski definition) is 0. The van der Waals surface area contributed by atoms with Crippen molar-refractivity contribution >= 4 is 17.5 Å². The number of aryl methyl sites for hydroxylation is 1. The molecule has 2 aromatic heterocycles. The molecule has 134 valence electrons. The Morgan fingerprint density at radius 2 is 1.81 bits per heavy atom. The summed E-state index contributed by atoms with van der Waals surface area (Å²) in [6, 6.07) is 13.3. The Bertz CT molecular complexity index is 944. The summed E-state index contributed by atoms with van der Waals surface area (Å²) in [6.07, 6.45) is 0. The van der Waals surface area contributed by atoms with Gasteiger partial charge in [0.25, 0.3) is 5.91 Å². The number of amides is 1. The smallest absolute Gasteiger partial charge is 0.254 e. The SMILES string of the molecule is COc1cccc(C(=O)N2CCN(c3nnc4cccc(C)n34)CC2)c1. The third kappa shape index (κ3) is 2.85. The Labute approximate surface area is 151 Å². The first kappa shape index (κ1) is 16.4. The van der Waals surface area contributed by atoms with Gasteiger partial charge in [-0.3, -0.25) is 9.20 Å². The number of methoxy groups -OCH3 is 1. The fourth-order valence-corrected chi connectivity index (χ4v) is 3.33. The number of hydrogen-bond acceptors (Lipinski definition) is 5. The Morgan fingerprint density at radius 1 is 1.04 bits per heavy atom. The number of aromatic nitrogens is 3. The van der Waals surface area contributed by atoms with Gasteiger partial charge in [0, 0.05) is 37.4 Å². The minimum atomic E-state index is 0.0332.